The molecule has 3 rings (SSSR count). The summed E-state index contributed by atoms with van der Waals surface area (Å²) in [5.41, 5.74) is 0.993. The molecule has 20 heavy (non-hydrogen) atoms. The van der Waals surface area contributed by atoms with Gasteiger partial charge in [0.05, 0.1) is 10.9 Å². The van der Waals surface area contributed by atoms with Crippen LogP contribution in [-0.4, -0.2) is 0 Å². The molecule has 100 valence electrons. The summed E-state index contributed by atoms with van der Waals surface area (Å²) in [6, 6.07) is 14.1. The lowest BCUT2D eigenvalue weighted by Gasteiger charge is -2.06. The number of fused-ring (bicyclic) bond motifs is 1. The Morgan fingerprint density at radius 2 is 1.80 bits per heavy atom. The summed E-state index contributed by atoms with van der Waals surface area (Å²) in [6.07, 6.45) is 1.45. The van der Waals surface area contributed by atoms with Gasteiger partial charge in [-0.05, 0) is 36.4 Å². The van der Waals surface area contributed by atoms with Gasteiger partial charge in [0.25, 0.3) is 0 Å². The molecule has 0 amide bonds. The first-order valence-corrected chi connectivity index (χ1v) is 6.49. The van der Waals surface area contributed by atoms with Crippen molar-refractivity contribution in [2.24, 2.45) is 0 Å². The van der Waals surface area contributed by atoms with Crippen molar-refractivity contribution >= 4 is 22.6 Å². The van der Waals surface area contributed by atoms with Crippen molar-refractivity contribution in [2.45, 2.75) is 6.61 Å². The van der Waals surface area contributed by atoms with Crippen LogP contribution in [0.15, 0.2) is 64.0 Å². The topological polar surface area (TPSA) is 39.4 Å². The molecule has 0 aliphatic rings. The van der Waals surface area contributed by atoms with E-state index in [0.29, 0.717) is 27.3 Å². The fraction of sp³-hybridized carbons (Fsp3) is 0.0625. The summed E-state index contributed by atoms with van der Waals surface area (Å²) in [5, 5.41) is 1.20. The van der Waals surface area contributed by atoms with Gasteiger partial charge in [-0.2, -0.15) is 0 Å². The van der Waals surface area contributed by atoms with E-state index in [9.17, 15) is 4.79 Å². The van der Waals surface area contributed by atoms with Crippen LogP contribution < -0.4 is 10.2 Å². The Hall–Kier alpha value is -2.26. The summed E-state index contributed by atoms with van der Waals surface area (Å²) in [6.45, 7) is 0.162. The standard InChI is InChI=1S/C16H11ClO3/c17-12-5-7-13(8-6-12)19-9-11-10-20-15-4-2-1-3-14(15)16(11)18/h1-8,10H,9H2. The van der Waals surface area contributed by atoms with E-state index in [4.69, 9.17) is 20.8 Å². The van der Waals surface area contributed by atoms with Crippen molar-refractivity contribution in [2.75, 3.05) is 0 Å². The van der Waals surface area contributed by atoms with Crippen LogP contribution in [0.2, 0.25) is 5.02 Å². The highest BCUT2D eigenvalue weighted by molar-refractivity contribution is 6.30. The van der Waals surface area contributed by atoms with Gasteiger partial charge >= 0.3 is 0 Å². The zero-order valence-electron chi connectivity index (χ0n) is 10.5. The van der Waals surface area contributed by atoms with Crippen molar-refractivity contribution in [3.63, 3.8) is 0 Å². The summed E-state index contributed by atoms with van der Waals surface area (Å²) in [7, 11) is 0. The van der Waals surface area contributed by atoms with Gasteiger partial charge in [0.15, 0.2) is 5.43 Å². The van der Waals surface area contributed by atoms with Crippen LogP contribution in [0.25, 0.3) is 11.0 Å². The molecule has 2 aromatic carbocycles. The molecule has 0 aliphatic heterocycles. The zero-order chi connectivity index (χ0) is 13.9. The lowest BCUT2D eigenvalue weighted by molar-refractivity contribution is 0.302. The number of para-hydroxylation sites is 1. The Balaban J connectivity index is 1.86. The molecule has 0 saturated carbocycles. The average Bonchev–Trinajstić information content (AvgIpc) is 2.49. The Morgan fingerprint density at radius 3 is 2.60 bits per heavy atom. The smallest absolute Gasteiger partial charge is 0.199 e. The summed E-state index contributed by atoms with van der Waals surface area (Å²) in [5.74, 6) is 0.655. The summed E-state index contributed by atoms with van der Waals surface area (Å²) < 4.78 is 11.0. The van der Waals surface area contributed by atoms with E-state index in [1.165, 1.54) is 6.26 Å². The van der Waals surface area contributed by atoms with Crippen molar-refractivity contribution in [1.29, 1.82) is 0 Å². The maximum atomic E-state index is 12.2. The van der Waals surface area contributed by atoms with Gasteiger partial charge in [0, 0.05) is 5.02 Å². The zero-order valence-corrected chi connectivity index (χ0v) is 11.3. The minimum absolute atomic E-state index is 0.0687. The summed E-state index contributed by atoms with van der Waals surface area (Å²) in [4.78, 5) is 12.2. The molecule has 0 N–H and O–H groups in total. The van der Waals surface area contributed by atoms with Gasteiger partial charge < -0.3 is 9.15 Å². The van der Waals surface area contributed by atoms with E-state index >= 15 is 0 Å². The van der Waals surface area contributed by atoms with E-state index in [0.717, 1.165) is 0 Å². The van der Waals surface area contributed by atoms with Crippen LogP contribution in [0.4, 0.5) is 0 Å². The van der Waals surface area contributed by atoms with Gasteiger partial charge in [0.2, 0.25) is 0 Å². The third-order valence-electron chi connectivity index (χ3n) is 2.96. The van der Waals surface area contributed by atoms with Crippen molar-refractivity contribution in [1.82, 2.24) is 0 Å². The predicted molar refractivity (Wildman–Crippen MR) is 78.3 cm³/mol. The molecular weight excluding hydrogens is 276 g/mol. The molecule has 0 bridgehead atoms. The second kappa shape index (κ2) is 5.39. The molecule has 0 radical (unpaired) electrons. The number of hydrogen-bond donors (Lipinski definition) is 0. The van der Waals surface area contributed by atoms with Crippen LogP contribution >= 0.6 is 11.6 Å². The number of halogens is 1. The lowest BCUT2D eigenvalue weighted by atomic mass is 10.2. The maximum absolute atomic E-state index is 12.2. The van der Waals surface area contributed by atoms with Crippen LogP contribution in [0.3, 0.4) is 0 Å². The van der Waals surface area contributed by atoms with Gasteiger partial charge in [0.1, 0.15) is 24.2 Å². The highest BCUT2D eigenvalue weighted by Crippen LogP contribution is 2.17. The fourth-order valence-electron chi connectivity index (χ4n) is 1.91. The van der Waals surface area contributed by atoms with Gasteiger partial charge in [-0.1, -0.05) is 23.7 Å². The molecule has 1 aromatic heterocycles. The first-order chi connectivity index (χ1) is 9.74. The Morgan fingerprint density at radius 1 is 1.05 bits per heavy atom. The summed E-state index contributed by atoms with van der Waals surface area (Å²) >= 11 is 5.80. The molecule has 3 nitrogen and oxygen atoms in total. The Kier molecular flexibility index (Phi) is 3.44. The third kappa shape index (κ3) is 2.53. The minimum atomic E-state index is -0.0687. The normalized spacial score (nSPS) is 10.7. The minimum Gasteiger partial charge on any atom is -0.489 e. The molecular formula is C16H11ClO3. The first kappa shape index (κ1) is 12.8. The lowest BCUT2D eigenvalue weighted by Crippen LogP contribution is -2.11. The Bertz CT molecular complexity index is 791. The van der Waals surface area contributed by atoms with Gasteiger partial charge in [-0.3, -0.25) is 4.79 Å². The number of ether oxygens (including phenoxy) is 1. The largest absolute Gasteiger partial charge is 0.489 e. The van der Waals surface area contributed by atoms with Crippen LogP contribution in [0.1, 0.15) is 5.56 Å². The van der Waals surface area contributed by atoms with E-state index in [-0.39, 0.29) is 12.0 Å². The van der Waals surface area contributed by atoms with Crippen LogP contribution in [-0.2, 0) is 6.61 Å². The Labute approximate surface area is 120 Å². The second-order valence-electron chi connectivity index (χ2n) is 4.33. The highest BCUT2D eigenvalue weighted by atomic mass is 35.5. The van der Waals surface area contributed by atoms with E-state index in [1.807, 2.05) is 12.1 Å². The van der Waals surface area contributed by atoms with Gasteiger partial charge in [-0.15, -0.1) is 0 Å². The second-order valence-corrected chi connectivity index (χ2v) is 4.77. The molecule has 4 heteroatoms. The number of rotatable bonds is 3. The molecule has 0 fully saturated rings. The fourth-order valence-corrected chi connectivity index (χ4v) is 2.04. The quantitative estimate of drug-likeness (QED) is 0.730. The van der Waals surface area contributed by atoms with Crippen molar-refractivity contribution in [3.05, 3.63) is 75.6 Å². The third-order valence-corrected chi connectivity index (χ3v) is 3.21. The van der Waals surface area contributed by atoms with Crippen LogP contribution in [0, 0.1) is 0 Å². The molecule has 0 atom stereocenters. The van der Waals surface area contributed by atoms with E-state index in [2.05, 4.69) is 0 Å². The monoisotopic (exact) mass is 286 g/mol. The number of hydrogen-bond acceptors (Lipinski definition) is 3. The predicted octanol–water partition coefficient (Wildman–Crippen LogP) is 4.03. The molecule has 3 aromatic rings. The molecule has 0 unspecified atom stereocenters. The van der Waals surface area contributed by atoms with Gasteiger partial charge in [-0.25, -0.2) is 0 Å². The highest BCUT2D eigenvalue weighted by Gasteiger charge is 2.07. The van der Waals surface area contributed by atoms with E-state index < -0.39 is 0 Å². The van der Waals surface area contributed by atoms with E-state index in [1.54, 1.807) is 36.4 Å². The average molecular weight is 287 g/mol. The maximum Gasteiger partial charge on any atom is 0.199 e. The first-order valence-electron chi connectivity index (χ1n) is 6.12. The van der Waals surface area contributed by atoms with Crippen molar-refractivity contribution < 1.29 is 9.15 Å². The molecule has 0 aliphatic carbocycles. The van der Waals surface area contributed by atoms with Crippen molar-refractivity contribution in [3.8, 4) is 5.75 Å². The molecule has 0 saturated heterocycles. The molecule has 1 heterocycles. The SMILES string of the molecule is O=c1c(COc2ccc(Cl)cc2)coc2ccccc12. The molecule has 0 spiro atoms. The number of benzene rings is 2. The van der Waals surface area contributed by atoms with Crippen LogP contribution in [0.5, 0.6) is 5.75 Å².